The Hall–Kier alpha value is -0.110. The molecule has 0 fully saturated rings. The van der Waals surface area contributed by atoms with E-state index in [9.17, 15) is 4.39 Å². The van der Waals surface area contributed by atoms with E-state index in [-0.39, 0.29) is 6.67 Å². The van der Waals surface area contributed by atoms with Crippen molar-refractivity contribution in [3.8, 4) is 0 Å². The van der Waals surface area contributed by atoms with Crippen LogP contribution < -0.4 is 0 Å². The van der Waals surface area contributed by atoms with Crippen LogP contribution in [0.1, 0.15) is 77.6 Å². The molecule has 0 saturated carbocycles. The second-order valence-corrected chi connectivity index (χ2v) is 4.84. The van der Waals surface area contributed by atoms with E-state index in [2.05, 4.69) is 6.92 Å². The molecule has 0 aromatic heterocycles. The molecular weight excluding hydrogens is 215 g/mol. The zero-order chi connectivity index (χ0) is 12.6. The molecule has 1 nitrogen and oxygen atoms in total. The fourth-order valence-corrected chi connectivity index (χ4v) is 1.92. The summed E-state index contributed by atoms with van der Waals surface area (Å²) in [6, 6.07) is 0. The second-order valence-electron chi connectivity index (χ2n) is 4.84. The maximum absolute atomic E-state index is 11.8. The number of unbranched alkanes of at least 4 members (excludes halogenated alkanes) is 9. The predicted molar refractivity (Wildman–Crippen MR) is 73.3 cm³/mol. The van der Waals surface area contributed by atoms with E-state index < -0.39 is 0 Å². The molecule has 0 saturated heterocycles. The van der Waals surface area contributed by atoms with Crippen molar-refractivity contribution in [2.75, 3.05) is 19.9 Å². The highest BCUT2D eigenvalue weighted by atomic mass is 19.1. The van der Waals surface area contributed by atoms with Crippen molar-refractivity contribution in [2.45, 2.75) is 77.6 Å². The topological polar surface area (TPSA) is 9.23 Å². The van der Waals surface area contributed by atoms with E-state index in [0.29, 0.717) is 6.42 Å². The van der Waals surface area contributed by atoms with E-state index in [0.717, 1.165) is 19.6 Å². The van der Waals surface area contributed by atoms with Crippen LogP contribution >= 0.6 is 0 Å². The molecule has 0 bridgehead atoms. The van der Waals surface area contributed by atoms with Crippen LogP contribution in [0.4, 0.5) is 4.39 Å². The minimum atomic E-state index is -0.207. The molecule has 0 aromatic carbocycles. The molecule has 0 heterocycles. The Bertz CT molecular complexity index is 114. The lowest BCUT2D eigenvalue weighted by Gasteiger charge is -2.03. The molecule has 0 spiro atoms. The Labute approximate surface area is 107 Å². The fraction of sp³-hybridized carbons (Fsp3) is 1.00. The number of halogens is 1. The summed E-state index contributed by atoms with van der Waals surface area (Å²) in [5.74, 6) is 0. The standard InChI is InChI=1S/C15H31FO/c1-2-3-4-5-6-7-8-9-11-14-17-15-12-10-13-16/h2-15H2,1H3. The van der Waals surface area contributed by atoms with Gasteiger partial charge in [-0.2, -0.15) is 0 Å². The van der Waals surface area contributed by atoms with Crippen LogP contribution in [0.3, 0.4) is 0 Å². The van der Waals surface area contributed by atoms with Gasteiger partial charge in [0.2, 0.25) is 0 Å². The van der Waals surface area contributed by atoms with Crippen molar-refractivity contribution >= 4 is 0 Å². The quantitative estimate of drug-likeness (QED) is 0.379. The maximum Gasteiger partial charge on any atom is 0.0895 e. The highest BCUT2D eigenvalue weighted by molar-refractivity contribution is 4.46. The number of rotatable bonds is 14. The Kier molecular flexibility index (Phi) is 15.8. The van der Waals surface area contributed by atoms with Gasteiger partial charge in [-0.25, -0.2) is 0 Å². The Balaban J connectivity index is 2.85. The zero-order valence-electron chi connectivity index (χ0n) is 11.7. The summed E-state index contributed by atoms with van der Waals surface area (Å²) >= 11 is 0. The first kappa shape index (κ1) is 16.9. The first-order chi connectivity index (χ1) is 8.41. The Morgan fingerprint density at radius 2 is 1.12 bits per heavy atom. The van der Waals surface area contributed by atoms with Crippen LogP contribution in [0.5, 0.6) is 0 Å². The molecule has 17 heavy (non-hydrogen) atoms. The van der Waals surface area contributed by atoms with Gasteiger partial charge in [0.25, 0.3) is 0 Å². The van der Waals surface area contributed by atoms with Crippen LogP contribution in [0, 0.1) is 0 Å². The number of hydrogen-bond donors (Lipinski definition) is 0. The third kappa shape index (κ3) is 15.9. The first-order valence-corrected chi connectivity index (χ1v) is 7.55. The van der Waals surface area contributed by atoms with Crippen LogP contribution in [0.15, 0.2) is 0 Å². The van der Waals surface area contributed by atoms with Crippen LogP contribution in [-0.4, -0.2) is 19.9 Å². The monoisotopic (exact) mass is 246 g/mol. The summed E-state index contributed by atoms with van der Waals surface area (Å²) in [5.41, 5.74) is 0. The molecule has 0 N–H and O–H groups in total. The van der Waals surface area contributed by atoms with Gasteiger partial charge in [0.05, 0.1) is 6.67 Å². The average molecular weight is 246 g/mol. The lowest BCUT2D eigenvalue weighted by Crippen LogP contribution is -1.97. The second kappa shape index (κ2) is 15.9. The van der Waals surface area contributed by atoms with Crippen molar-refractivity contribution < 1.29 is 9.13 Å². The Morgan fingerprint density at radius 3 is 1.65 bits per heavy atom. The smallest absolute Gasteiger partial charge is 0.0895 e. The van der Waals surface area contributed by atoms with Gasteiger partial charge in [-0.1, -0.05) is 58.3 Å². The molecule has 104 valence electrons. The SMILES string of the molecule is CCCCCCCCCCCOCCCCF. The summed E-state index contributed by atoms with van der Waals surface area (Å²) in [6.45, 7) is 3.65. The molecule has 0 aromatic rings. The largest absolute Gasteiger partial charge is 0.381 e. The normalized spacial score (nSPS) is 10.9. The van der Waals surface area contributed by atoms with Gasteiger partial charge in [0.1, 0.15) is 0 Å². The molecule has 2 heteroatoms. The number of ether oxygens (including phenoxy) is 1. The molecule has 0 aliphatic rings. The average Bonchev–Trinajstić information content (AvgIpc) is 2.35. The van der Waals surface area contributed by atoms with E-state index in [4.69, 9.17) is 4.74 Å². The number of alkyl halides is 1. The van der Waals surface area contributed by atoms with Crippen molar-refractivity contribution in [1.29, 1.82) is 0 Å². The fourth-order valence-electron chi connectivity index (χ4n) is 1.92. The summed E-state index contributed by atoms with van der Waals surface area (Å²) < 4.78 is 17.2. The van der Waals surface area contributed by atoms with E-state index in [1.807, 2.05) is 0 Å². The van der Waals surface area contributed by atoms with Crippen LogP contribution in [-0.2, 0) is 4.74 Å². The zero-order valence-corrected chi connectivity index (χ0v) is 11.7. The van der Waals surface area contributed by atoms with Crippen molar-refractivity contribution in [2.24, 2.45) is 0 Å². The molecule has 0 aliphatic carbocycles. The third-order valence-electron chi connectivity index (χ3n) is 3.06. The van der Waals surface area contributed by atoms with Crippen molar-refractivity contribution in [3.05, 3.63) is 0 Å². The molecule has 0 radical (unpaired) electrons. The molecule has 0 amide bonds. The van der Waals surface area contributed by atoms with Crippen LogP contribution in [0.2, 0.25) is 0 Å². The van der Waals surface area contributed by atoms with Gasteiger partial charge in [-0.3, -0.25) is 4.39 Å². The third-order valence-corrected chi connectivity index (χ3v) is 3.06. The lowest BCUT2D eigenvalue weighted by atomic mass is 10.1. The molecular formula is C15H31FO. The molecule has 0 rings (SSSR count). The molecule has 0 aliphatic heterocycles. The highest BCUT2D eigenvalue weighted by Gasteiger charge is 1.93. The van der Waals surface area contributed by atoms with Gasteiger partial charge in [0, 0.05) is 13.2 Å². The van der Waals surface area contributed by atoms with E-state index in [1.165, 1.54) is 57.8 Å². The van der Waals surface area contributed by atoms with Gasteiger partial charge >= 0.3 is 0 Å². The maximum atomic E-state index is 11.8. The van der Waals surface area contributed by atoms with Crippen molar-refractivity contribution in [1.82, 2.24) is 0 Å². The highest BCUT2D eigenvalue weighted by Crippen LogP contribution is 2.09. The van der Waals surface area contributed by atoms with Crippen molar-refractivity contribution in [3.63, 3.8) is 0 Å². The number of hydrogen-bond acceptors (Lipinski definition) is 1. The summed E-state index contributed by atoms with van der Waals surface area (Å²) in [4.78, 5) is 0. The minimum Gasteiger partial charge on any atom is -0.381 e. The molecule has 0 unspecified atom stereocenters. The van der Waals surface area contributed by atoms with Gasteiger partial charge < -0.3 is 4.74 Å². The summed E-state index contributed by atoms with van der Waals surface area (Å²) in [7, 11) is 0. The first-order valence-electron chi connectivity index (χ1n) is 7.55. The lowest BCUT2D eigenvalue weighted by molar-refractivity contribution is 0.124. The van der Waals surface area contributed by atoms with Gasteiger partial charge in [-0.05, 0) is 19.3 Å². The van der Waals surface area contributed by atoms with Gasteiger partial charge in [0.15, 0.2) is 0 Å². The minimum absolute atomic E-state index is 0.207. The van der Waals surface area contributed by atoms with Crippen LogP contribution in [0.25, 0.3) is 0 Å². The predicted octanol–water partition coefficient (Wildman–Crippen LogP) is 5.28. The Morgan fingerprint density at radius 1 is 0.647 bits per heavy atom. The van der Waals surface area contributed by atoms with E-state index in [1.54, 1.807) is 0 Å². The van der Waals surface area contributed by atoms with Gasteiger partial charge in [-0.15, -0.1) is 0 Å². The summed E-state index contributed by atoms with van der Waals surface area (Å²) in [6.07, 6.45) is 13.7. The molecule has 0 atom stereocenters. The summed E-state index contributed by atoms with van der Waals surface area (Å²) in [5, 5.41) is 0. The van der Waals surface area contributed by atoms with E-state index >= 15 is 0 Å².